The van der Waals surface area contributed by atoms with Gasteiger partial charge in [0.1, 0.15) is 70.6 Å². The van der Waals surface area contributed by atoms with Crippen LogP contribution in [0.5, 0.6) is 17.2 Å². The number of rotatable bonds is 7. The average Bonchev–Trinajstić information content (AvgIpc) is 3.22. The first-order valence-corrected chi connectivity index (χ1v) is 12.2. The smallest absolute Gasteiger partial charge is 0.229 e. The van der Waals surface area contributed by atoms with E-state index in [0.29, 0.717) is 5.56 Å². The van der Waals surface area contributed by atoms with E-state index in [0.717, 1.165) is 6.07 Å². The van der Waals surface area contributed by atoms with Crippen molar-refractivity contribution >= 4 is 11.0 Å². The van der Waals surface area contributed by atoms with Crippen LogP contribution in [-0.4, -0.2) is 109 Å². The van der Waals surface area contributed by atoms with Gasteiger partial charge in [-0.1, -0.05) is 12.1 Å². The highest BCUT2D eigenvalue weighted by atomic mass is 16.7. The summed E-state index contributed by atoms with van der Waals surface area (Å²) in [5.74, 6) is -0.604. The molecule has 1 aromatic heterocycles. The summed E-state index contributed by atoms with van der Waals surface area (Å²) >= 11 is 0. The van der Waals surface area contributed by atoms with Crippen molar-refractivity contribution in [3.05, 3.63) is 52.9 Å². The van der Waals surface area contributed by atoms with Crippen molar-refractivity contribution in [2.45, 2.75) is 48.7 Å². The van der Waals surface area contributed by atoms with Crippen molar-refractivity contribution in [3.8, 4) is 28.4 Å². The van der Waals surface area contributed by atoms with Crippen LogP contribution in [0, 0.1) is 0 Å². The van der Waals surface area contributed by atoms with Gasteiger partial charge in [0.15, 0.2) is 6.29 Å². The predicted molar refractivity (Wildman–Crippen MR) is 132 cm³/mol. The average molecular weight is 564 g/mol. The molecule has 3 aromatic rings. The topological polar surface area (TPSA) is 229 Å². The predicted octanol–water partition coefficient (Wildman–Crippen LogP) is -1.49. The first kappa shape index (κ1) is 28.2. The molecule has 0 unspecified atom stereocenters. The molecule has 40 heavy (non-hydrogen) atoms. The maximum absolute atomic E-state index is 13.1. The third-order valence-electron chi connectivity index (χ3n) is 6.93. The van der Waals surface area contributed by atoms with E-state index in [2.05, 4.69) is 0 Å². The van der Waals surface area contributed by atoms with Gasteiger partial charge in [-0.2, -0.15) is 0 Å². The lowest BCUT2D eigenvalue weighted by Gasteiger charge is -2.40. The van der Waals surface area contributed by atoms with Gasteiger partial charge in [-0.05, 0) is 17.7 Å². The Morgan fingerprint density at radius 3 is 2.38 bits per heavy atom. The number of hydrogen-bond donors (Lipinski definition) is 8. The maximum Gasteiger partial charge on any atom is 0.229 e. The molecule has 0 saturated carbocycles. The number of benzene rings is 2. The van der Waals surface area contributed by atoms with E-state index in [1.165, 1.54) is 36.6 Å². The van der Waals surface area contributed by atoms with Gasteiger partial charge in [0.2, 0.25) is 11.7 Å². The van der Waals surface area contributed by atoms with Crippen LogP contribution in [0.2, 0.25) is 0 Å². The Bertz CT molecular complexity index is 1410. The normalized spacial score (nSPS) is 32.4. The van der Waals surface area contributed by atoms with E-state index in [1.54, 1.807) is 0 Å². The van der Waals surface area contributed by atoms with E-state index >= 15 is 0 Å². The van der Waals surface area contributed by atoms with Crippen LogP contribution in [0.25, 0.3) is 22.1 Å². The van der Waals surface area contributed by atoms with Crippen molar-refractivity contribution < 1.29 is 64.2 Å². The number of aromatic hydroxyl groups is 2. The van der Waals surface area contributed by atoms with Gasteiger partial charge in [-0.3, -0.25) is 4.79 Å². The third-order valence-corrected chi connectivity index (χ3v) is 6.93. The maximum atomic E-state index is 13.1. The van der Waals surface area contributed by atoms with Crippen LogP contribution in [0.15, 0.2) is 51.9 Å². The number of aliphatic hydroxyl groups excluding tert-OH is 5. The number of phenolic OH excluding ortho intramolecular Hbond substituents is 2. The number of phenols is 2. The number of ether oxygens (including phenoxy) is 4. The molecule has 2 aliphatic rings. The second-order valence-electron chi connectivity index (χ2n) is 9.69. The summed E-state index contributed by atoms with van der Waals surface area (Å²) < 4.78 is 27.2. The summed E-state index contributed by atoms with van der Waals surface area (Å²) in [5.41, 5.74) is -1.96. The monoisotopic (exact) mass is 564 g/mol. The molecule has 0 radical (unpaired) electrons. The highest BCUT2D eigenvalue weighted by Crippen LogP contribution is 2.33. The number of hydrogen-bond acceptors (Lipinski definition) is 14. The fourth-order valence-electron chi connectivity index (χ4n) is 4.53. The third kappa shape index (κ3) is 5.12. The molecule has 14 heteroatoms. The van der Waals surface area contributed by atoms with E-state index in [1.807, 2.05) is 0 Å². The van der Waals surface area contributed by atoms with Crippen LogP contribution in [0.4, 0.5) is 0 Å². The largest absolute Gasteiger partial charge is 0.508 e. The van der Waals surface area contributed by atoms with Gasteiger partial charge in [0.05, 0.1) is 25.4 Å². The number of aliphatic hydroxyl groups is 6. The van der Waals surface area contributed by atoms with Crippen LogP contribution in [0.1, 0.15) is 0 Å². The van der Waals surface area contributed by atoms with Gasteiger partial charge in [-0.15, -0.1) is 0 Å². The second-order valence-corrected chi connectivity index (χ2v) is 9.69. The lowest BCUT2D eigenvalue weighted by molar-refractivity contribution is -0.289. The molecule has 2 saturated heterocycles. The minimum Gasteiger partial charge on any atom is -0.508 e. The van der Waals surface area contributed by atoms with E-state index in [9.17, 15) is 45.6 Å². The van der Waals surface area contributed by atoms with Crippen LogP contribution >= 0.6 is 0 Å². The molecular formula is C26H28O14. The lowest BCUT2D eigenvalue weighted by Crippen LogP contribution is -2.60. The van der Waals surface area contributed by atoms with Crippen molar-refractivity contribution in [1.82, 2.24) is 0 Å². The van der Waals surface area contributed by atoms with Gasteiger partial charge in [0.25, 0.3) is 0 Å². The molecule has 2 aliphatic heterocycles. The molecule has 0 spiro atoms. The standard InChI is InChI=1S/C26H28O14/c27-9-26(35)10-38-25(23(26)34)37-8-17-20(31)21(32)22(33)24(40-17)39-13-5-15(29)18-16(6-13)36-7-14(19(18)30)11-1-3-12(28)4-2-11/h1-7,17,20-25,27-29,31-35H,8-10H2/t17-,20-,21+,22-,23+,24+,25+,26-/m1/s1. The summed E-state index contributed by atoms with van der Waals surface area (Å²) in [6.07, 6.45) is -9.84. The molecule has 14 nitrogen and oxygen atoms in total. The Kier molecular flexibility index (Phi) is 7.71. The summed E-state index contributed by atoms with van der Waals surface area (Å²) in [7, 11) is 0. The van der Waals surface area contributed by atoms with Crippen molar-refractivity contribution in [2.24, 2.45) is 0 Å². The van der Waals surface area contributed by atoms with E-state index < -0.39 is 79.7 Å². The van der Waals surface area contributed by atoms with Crippen LogP contribution < -0.4 is 10.2 Å². The molecule has 216 valence electrons. The van der Waals surface area contributed by atoms with Crippen molar-refractivity contribution in [3.63, 3.8) is 0 Å². The van der Waals surface area contributed by atoms with Crippen molar-refractivity contribution in [1.29, 1.82) is 0 Å². The zero-order valence-corrected chi connectivity index (χ0v) is 20.7. The molecular weight excluding hydrogens is 536 g/mol. The summed E-state index contributed by atoms with van der Waals surface area (Å²) in [5, 5.41) is 80.6. The van der Waals surface area contributed by atoms with Crippen molar-refractivity contribution in [2.75, 3.05) is 19.8 Å². The zero-order valence-electron chi connectivity index (χ0n) is 20.7. The zero-order chi connectivity index (χ0) is 28.8. The quantitative estimate of drug-likeness (QED) is 0.164. The summed E-state index contributed by atoms with van der Waals surface area (Å²) in [6.45, 7) is -1.67. The molecule has 3 heterocycles. The number of fused-ring (bicyclic) bond motifs is 1. The van der Waals surface area contributed by atoms with Gasteiger partial charge in [-0.25, -0.2) is 0 Å². The van der Waals surface area contributed by atoms with E-state index in [4.69, 9.17) is 23.4 Å². The molecule has 8 atom stereocenters. The first-order chi connectivity index (χ1) is 19.0. The highest BCUT2D eigenvalue weighted by molar-refractivity contribution is 5.88. The fraction of sp³-hybridized carbons (Fsp3) is 0.423. The minimum atomic E-state index is -1.93. The molecule has 5 rings (SSSR count). The first-order valence-electron chi connectivity index (χ1n) is 12.2. The Morgan fingerprint density at radius 1 is 0.975 bits per heavy atom. The van der Waals surface area contributed by atoms with E-state index in [-0.39, 0.29) is 28.0 Å². The lowest BCUT2D eigenvalue weighted by atomic mass is 9.99. The second kappa shape index (κ2) is 10.9. The van der Waals surface area contributed by atoms with Gasteiger partial charge < -0.3 is 64.2 Å². The Labute approximate surface area is 225 Å². The van der Waals surface area contributed by atoms with Crippen LogP contribution in [0.3, 0.4) is 0 Å². The SMILES string of the molecule is O=c1c(-c2ccc(O)cc2)coc2cc(O[C@H]3O[C@H](CO[C@H]4OC[C@](O)(CO)[C@H]4O)[C@@H](O)[C@H](O)[C@H]3O)cc(O)c12. The Hall–Kier alpha value is -3.31. The molecule has 2 aromatic carbocycles. The molecule has 0 amide bonds. The Morgan fingerprint density at radius 2 is 1.70 bits per heavy atom. The summed E-state index contributed by atoms with van der Waals surface area (Å²) in [6, 6.07) is 8.15. The summed E-state index contributed by atoms with van der Waals surface area (Å²) in [4.78, 5) is 13.1. The Balaban J connectivity index is 1.33. The highest BCUT2D eigenvalue weighted by Gasteiger charge is 2.50. The molecule has 8 N–H and O–H groups in total. The minimum absolute atomic E-state index is 0.00969. The fourth-order valence-corrected chi connectivity index (χ4v) is 4.53. The molecule has 0 bridgehead atoms. The van der Waals surface area contributed by atoms with Gasteiger partial charge >= 0.3 is 0 Å². The molecule has 2 fully saturated rings. The van der Waals surface area contributed by atoms with Crippen LogP contribution in [-0.2, 0) is 14.2 Å². The molecule has 0 aliphatic carbocycles. The van der Waals surface area contributed by atoms with Gasteiger partial charge in [0, 0.05) is 12.1 Å².